The highest BCUT2D eigenvalue weighted by atomic mass is 79.9. The van der Waals surface area contributed by atoms with Crippen molar-refractivity contribution in [3.63, 3.8) is 0 Å². The molecule has 1 aliphatic carbocycles. The van der Waals surface area contributed by atoms with E-state index < -0.39 is 0 Å². The summed E-state index contributed by atoms with van der Waals surface area (Å²) >= 11 is 3.39. The van der Waals surface area contributed by atoms with Crippen LogP contribution < -0.4 is 5.73 Å². The molecule has 0 atom stereocenters. The second kappa shape index (κ2) is 3.59. The van der Waals surface area contributed by atoms with Crippen LogP contribution in [0.3, 0.4) is 0 Å². The number of rotatable bonds is 1. The summed E-state index contributed by atoms with van der Waals surface area (Å²) in [5, 5.41) is 0. The minimum atomic E-state index is -0.272. The predicted molar refractivity (Wildman–Crippen MR) is 58.8 cm³/mol. The average Bonchev–Trinajstić information content (AvgIpc) is 2.58. The Balaban J connectivity index is 2.36. The lowest BCUT2D eigenvalue weighted by molar-refractivity contribution is 0.429. The molecule has 0 amide bonds. The number of hydrogen-bond donors (Lipinski definition) is 1. The largest absolute Gasteiger partial charge is 0.319 e. The van der Waals surface area contributed by atoms with Crippen molar-refractivity contribution in [3.05, 3.63) is 22.2 Å². The number of hydrogen-bond acceptors (Lipinski definition) is 3. The van der Waals surface area contributed by atoms with Crippen LogP contribution in [0.4, 0.5) is 0 Å². The van der Waals surface area contributed by atoms with Crippen LogP contribution in [-0.2, 0) is 5.54 Å². The molecule has 1 saturated carbocycles. The minimum absolute atomic E-state index is 0.272. The van der Waals surface area contributed by atoms with Crippen LogP contribution in [0.15, 0.2) is 10.7 Å². The van der Waals surface area contributed by atoms with Crippen molar-refractivity contribution >= 4 is 15.9 Å². The highest BCUT2D eigenvalue weighted by Crippen LogP contribution is 2.34. The standard InChI is InChI=1S/C10H14BrN3/c1-7-8(11)6-13-9(14-7)10(12)4-2-3-5-10/h6H,2-5,12H2,1H3. The van der Waals surface area contributed by atoms with Gasteiger partial charge in [0.15, 0.2) is 0 Å². The third kappa shape index (κ3) is 1.68. The molecule has 76 valence electrons. The van der Waals surface area contributed by atoms with E-state index in [1.165, 1.54) is 12.8 Å². The van der Waals surface area contributed by atoms with Gasteiger partial charge in [-0.15, -0.1) is 0 Å². The zero-order chi connectivity index (χ0) is 10.2. The van der Waals surface area contributed by atoms with E-state index in [1.807, 2.05) is 6.92 Å². The third-order valence-corrected chi connectivity index (χ3v) is 3.64. The summed E-state index contributed by atoms with van der Waals surface area (Å²) in [5.74, 6) is 0.802. The van der Waals surface area contributed by atoms with Gasteiger partial charge < -0.3 is 5.73 Å². The van der Waals surface area contributed by atoms with E-state index in [1.54, 1.807) is 6.20 Å². The fourth-order valence-electron chi connectivity index (χ4n) is 1.92. The van der Waals surface area contributed by atoms with Gasteiger partial charge in [-0.1, -0.05) is 12.8 Å². The van der Waals surface area contributed by atoms with Crippen LogP contribution in [0.5, 0.6) is 0 Å². The summed E-state index contributed by atoms with van der Waals surface area (Å²) in [6, 6.07) is 0. The molecule has 1 heterocycles. The van der Waals surface area contributed by atoms with E-state index >= 15 is 0 Å². The Morgan fingerprint density at radius 3 is 2.64 bits per heavy atom. The average molecular weight is 256 g/mol. The number of aromatic nitrogens is 2. The number of halogens is 1. The molecule has 0 aromatic carbocycles. The van der Waals surface area contributed by atoms with Crippen LogP contribution in [0.1, 0.15) is 37.2 Å². The fourth-order valence-corrected chi connectivity index (χ4v) is 2.11. The SMILES string of the molecule is Cc1nc(C2(N)CCCC2)ncc1Br. The summed E-state index contributed by atoms with van der Waals surface area (Å²) in [5.41, 5.74) is 6.95. The van der Waals surface area contributed by atoms with Crippen molar-refractivity contribution in [1.82, 2.24) is 9.97 Å². The molecule has 1 aromatic heterocycles. The van der Waals surface area contributed by atoms with Crippen molar-refractivity contribution < 1.29 is 0 Å². The van der Waals surface area contributed by atoms with Gasteiger partial charge in [-0.05, 0) is 35.7 Å². The summed E-state index contributed by atoms with van der Waals surface area (Å²) in [6.07, 6.45) is 6.19. The summed E-state index contributed by atoms with van der Waals surface area (Å²) < 4.78 is 0.947. The molecule has 0 saturated heterocycles. The zero-order valence-corrected chi connectivity index (χ0v) is 9.84. The molecule has 0 radical (unpaired) electrons. The third-order valence-electron chi connectivity index (χ3n) is 2.86. The van der Waals surface area contributed by atoms with Crippen LogP contribution >= 0.6 is 15.9 Å². The molecule has 2 rings (SSSR count). The smallest absolute Gasteiger partial charge is 0.148 e. The van der Waals surface area contributed by atoms with E-state index in [2.05, 4.69) is 25.9 Å². The van der Waals surface area contributed by atoms with E-state index in [-0.39, 0.29) is 5.54 Å². The van der Waals surface area contributed by atoms with Gasteiger partial charge in [0.1, 0.15) is 5.82 Å². The van der Waals surface area contributed by atoms with Crippen molar-refractivity contribution in [2.24, 2.45) is 5.73 Å². The molecule has 2 N–H and O–H groups in total. The van der Waals surface area contributed by atoms with E-state index in [4.69, 9.17) is 5.73 Å². The Kier molecular flexibility index (Phi) is 2.58. The van der Waals surface area contributed by atoms with Gasteiger partial charge in [0.25, 0.3) is 0 Å². The Labute approximate surface area is 92.3 Å². The van der Waals surface area contributed by atoms with Gasteiger partial charge in [-0.3, -0.25) is 0 Å². The first-order chi connectivity index (χ1) is 6.62. The molecule has 0 unspecified atom stereocenters. The second-order valence-electron chi connectivity index (χ2n) is 3.99. The molecule has 1 aromatic rings. The molecule has 1 aliphatic rings. The summed E-state index contributed by atoms with van der Waals surface area (Å²) in [4.78, 5) is 8.75. The molecule has 3 nitrogen and oxygen atoms in total. The molecule has 0 aliphatic heterocycles. The molecule has 14 heavy (non-hydrogen) atoms. The fraction of sp³-hybridized carbons (Fsp3) is 0.600. The summed E-state index contributed by atoms with van der Waals surface area (Å²) in [7, 11) is 0. The lowest BCUT2D eigenvalue weighted by Gasteiger charge is -2.21. The van der Waals surface area contributed by atoms with Crippen molar-refractivity contribution in [1.29, 1.82) is 0 Å². The first kappa shape index (κ1) is 10.1. The van der Waals surface area contributed by atoms with E-state index in [0.29, 0.717) is 0 Å². The molecular weight excluding hydrogens is 242 g/mol. The number of nitrogens with zero attached hydrogens (tertiary/aromatic N) is 2. The highest BCUT2D eigenvalue weighted by Gasteiger charge is 2.34. The van der Waals surface area contributed by atoms with Crippen LogP contribution in [0.2, 0.25) is 0 Å². The monoisotopic (exact) mass is 255 g/mol. The maximum absolute atomic E-state index is 6.26. The Morgan fingerprint density at radius 2 is 2.07 bits per heavy atom. The summed E-state index contributed by atoms with van der Waals surface area (Å²) in [6.45, 7) is 1.97. The zero-order valence-electron chi connectivity index (χ0n) is 8.26. The van der Waals surface area contributed by atoms with Crippen molar-refractivity contribution in [3.8, 4) is 0 Å². The first-order valence-electron chi connectivity index (χ1n) is 4.90. The molecular formula is C10H14BrN3. The van der Waals surface area contributed by atoms with Gasteiger partial charge in [0.05, 0.1) is 15.7 Å². The number of nitrogens with two attached hydrogens (primary N) is 1. The van der Waals surface area contributed by atoms with E-state index in [0.717, 1.165) is 28.8 Å². The molecule has 4 heteroatoms. The predicted octanol–water partition coefficient (Wildman–Crippen LogP) is 2.28. The minimum Gasteiger partial charge on any atom is -0.319 e. The van der Waals surface area contributed by atoms with Gasteiger partial charge in [0.2, 0.25) is 0 Å². The van der Waals surface area contributed by atoms with Gasteiger partial charge in [0, 0.05) is 6.20 Å². The van der Waals surface area contributed by atoms with Crippen LogP contribution in [-0.4, -0.2) is 9.97 Å². The lowest BCUT2D eigenvalue weighted by Crippen LogP contribution is -2.35. The maximum Gasteiger partial charge on any atom is 0.148 e. The van der Waals surface area contributed by atoms with Crippen molar-refractivity contribution in [2.45, 2.75) is 38.1 Å². The topological polar surface area (TPSA) is 51.8 Å². The highest BCUT2D eigenvalue weighted by molar-refractivity contribution is 9.10. The Morgan fingerprint density at radius 1 is 1.43 bits per heavy atom. The Bertz CT molecular complexity index is 345. The maximum atomic E-state index is 6.26. The molecule has 0 spiro atoms. The van der Waals surface area contributed by atoms with Crippen LogP contribution in [0, 0.1) is 6.92 Å². The van der Waals surface area contributed by atoms with Crippen molar-refractivity contribution in [2.75, 3.05) is 0 Å². The molecule has 1 fully saturated rings. The molecule has 0 bridgehead atoms. The van der Waals surface area contributed by atoms with E-state index in [9.17, 15) is 0 Å². The Hall–Kier alpha value is -0.480. The quantitative estimate of drug-likeness (QED) is 0.838. The van der Waals surface area contributed by atoms with Gasteiger partial charge in [-0.25, -0.2) is 9.97 Å². The normalized spacial score (nSPS) is 19.9. The van der Waals surface area contributed by atoms with Crippen LogP contribution in [0.25, 0.3) is 0 Å². The van der Waals surface area contributed by atoms with Gasteiger partial charge >= 0.3 is 0 Å². The first-order valence-corrected chi connectivity index (χ1v) is 5.70. The lowest BCUT2D eigenvalue weighted by atomic mass is 9.98. The van der Waals surface area contributed by atoms with Gasteiger partial charge in [-0.2, -0.15) is 0 Å². The second-order valence-corrected chi connectivity index (χ2v) is 4.84. The number of aryl methyl sites for hydroxylation is 1.